The average Bonchev–Trinajstić information content (AvgIpc) is 3.08. The number of piperidine rings is 1. The predicted octanol–water partition coefficient (Wildman–Crippen LogP) is 2.14. The first-order valence-electron chi connectivity index (χ1n) is 8.43. The lowest BCUT2D eigenvalue weighted by molar-refractivity contribution is -0.126. The van der Waals surface area contributed by atoms with Gasteiger partial charge in [0.1, 0.15) is 0 Å². The Kier molecular flexibility index (Phi) is 6.40. The van der Waals surface area contributed by atoms with E-state index in [0.29, 0.717) is 32.5 Å². The summed E-state index contributed by atoms with van der Waals surface area (Å²) in [4.78, 5) is 36.8. The number of carboxylic acid groups (broad SMARTS) is 1. The number of nitrogens with one attached hydrogen (secondary N) is 1. The van der Waals surface area contributed by atoms with Gasteiger partial charge >= 0.3 is 5.97 Å². The molecule has 2 rings (SSSR count). The fourth-order valence-electron chi connectivity index (χ4n) is 2.80. The van der Waals surface area contributed by atoms with Crippen molar-refractivity contribution < 1.29 is 23.9 Å². The summed E-state index contributed by atoms with van der Waals surface area (Å²) in [7, 11) is 0. The highest BCUT2D eigenvalue weighted by Crippen LogP contribution is 2.20. The maximum atomic E-state index is 12.3. The van der Waals surface area contributed by atoms with Gasteiger partial charge in [0.25, 0.3) is 5.91 Å². The minimum atomic E-state index is -1.20. The Labute approximate surface area is 141 Å². The number of nitrogens with zero attached hydrogens (tertiary/aromatic N) is 1. The highest BCUT2D eigenvalue weighted by Gasteiger charge is 2.29. The number of unbranched alkanes of at least 4 members (excludes halogenated alkanes) is 2. The first kappa shape index (κ1) is 18.0. The lowest BCUT2D eigenvalue weighted by atomic mass is 9.95. The number of rotatable bonds is 7. The van der Waals surface area contributed by atoms with E-state index in [1.165, 1.54) is 12.1 Å². The van der Waals surface area contributed by atoms with Gasteiger partial charge in [-0.3, -0.25) is 9.59 Å². The Morgan fingerprint density at radius 3 is 2.46 bits per heavy atom. The monoisotopic (exact) mass is 336 g/mol. The molecule has 0 aromatic carbocycles. The van der Waals surface area contributed by atoms with Crippen molar-refractivity contribution in [3.8, 4) is 0 Å². The second-order valence-electron chi connectivity index (χ2n) is 6.03. The number of hydrogen-bond donors (Lipinski definition) is 2. The van der Waals surface area contributed by atoms with Crippen LogP contribution in [0.3, 0.4) is 0 Å². The van der Waals surface area contributed by atoms with Crippen molar-refractivity contribution in [2.75, 3.05) is 19.6 Å². The normalized spacial score (nSPS) is 15.3. The Morgan fingerprint density at radius 1 is 1.21 bits per heavy atom. The van der Waals surface area contributed by atoms with Crippen LogP contribution in [0.4, 0.5) is 0 Å². The number of carbonyl (C=O) groups is 3. The molecule has 1 aliphatic rings. The molecule has 7 nitrogen and oxygen atoms in total. The summed E-state index contributed by atoms with van der Waals surface area (Å²) < 4.78 is 5.04. The van der Waals surface area contributed by atoms with Crippen LogP contribution in [0.25, 0.3) is 0 Å². The lowest BCUT2D eigenvalue weighted by Gasteiger charge is -2.30. The third kappa shape index (κ3) is 4.59. The van der Waals surface area contributed by atoms with Gasteiger partial charge in [-0.15, -0.1) is 0 Å². The van der Waals surface area contributed by atoms with E-state index in [4.69, 9.17) is 9.52 Å². The molecule has 0 saturated carbocycles. The third-order valence-electron chi connectivity index (χ3n) is 4.26. The molecule has 0 unspecified atom stereocenters. The molecule has 0 spiro atoms. The number of carboxylic acids is 1. The standard InChI is InChI=1S/C17H24N2O5/c1-2-3-4-9-18-15(20)12-7-10-19(11-8-12)16(21)13-5-6-14(24-13)17(22)23/h5-6,12H,2-4,7-11H2,1H3,(H,18,20)(H,22,23). The summed E-state index contributed by atoms with van der Waals surface area (Å²) in [5, 5.41) is 11.8. The van der Waals surface area contributed by atoms with Crippen LogP contribution in [0.2, 0.25) is 0 Å². The molecule has 1 aromatic rings. The predicted molar refractivity (Wildman–Crippen MR) is 86.8 cm³/mol. The van der Waals surface area contributed by atoms with E-state index in [2.05, 4.69) is 12.2 Å². The van der Waals surface area contributed by atoms with E-state index < -0.39 is 5.97 Å². The molecule has 1 fully saturated rings. The second kappa shape index (κ2) is 8.52. The van der Waals surface area contributed by atoms with Crippen molar-refractivity contribution in [2.45, 2.75) is 39.0 Å². The van der Waals surface area contributed by atoms with Gasteiger partial charge in [0.2, 0.25) is 11.7 Å². The van der Waals surface area contributed by atoms with E-state index in [1.807, 2.05) is 0 Å². The van der Waals surface area contributed by atoms with Crippen molar-refractivity contribution in [1.29, 1.82) is 0 Å². The topological polar surface area (TPSA) is 99.9 Å². The zero-order valence-corrected chi connectivity index (χ0v) is 13.9. The summed E-state index contributed by atoms with van der Waals surface area (Å²) in [5.41, 5.74) is 0. The van der Waals surface area contributed by atoms with Gasteiger partial charge in [-0.1, -0.05) is 19.8 Å². The van der Waals surface area contributed by atoms with E-state index in [9.17, 15) is 14.4 Å². The first-order chi connectivity index (χ1) is 11.5. The molecule has 2 N–H and O–H groups in total. The van der Waals surface area contributed by atoms with Gasteiger partial charge in [-0.2, -0.15) is 0 Å². The van der Waals surface area contributed by atoms with Gasteiger partial charge < -0.3 is 19.7 Å². The molecule has 0 bridgehead atoms. The van der Waals surface area contributed by atoms with Crippen molar-refractivity contribution >= 4 is 17.8 Å². The highest BCUT2D eigenvalue weighted by molar-refractivity contribution is 5.93. The number of furan rings is 1. The van der Waals surface area contributed by atoms with E-state index in [1.54, 1.807) is 4.90 Å². The second-order valence-corrected chi connectivity index (χ2v) is 6.03. The summed E-state index contributed by atoms with van der Waals surface area (Å²) in [5.74, 6) is -1.77. The Morgan fingerprint density at radius 2 is 1.88 bits per heavy atom. The quantitative estimate of drug-likeness (QED) is 0.743. The minimum absolute atomic E-state index is 0.0230. The number of hydrogen-bond acceptors (Lipinski definition) is 4. The van der Waals surface area contributed by atoms with Crippen LogP contribution in [0.1, 0.15) is 60.1 Å². The van der Waals surface area contributed by atoms with Crippen LogP contribution in [0.5, 0.6) is 0 Å². The highest BCUT2D eigenvalue weighted by atomic mass is 16.4. The van der Waals surface area contributed by atoms with Gasteiger partial charge in [0.15, 0.2) is 5.76 Å². The average molecular weight is 336 g/mol. The molecule has 1 saturated heterocycles. The molecule has 1 aromatic heterocycles. The Bertz CT molecular complexity index is 588. The molecular weight excluding hydrogens is 312 g/mol. The number of aromatic carboxylic acids is 1. The number of carbonyl (C=O) groups excluding carboxylic acids is 2. The van der Waals surface area contributed by atoms with Crippen LogP contribution in [0, 0.1) is 5.92 Å². The molecule has 1 aliphatic heterocycles. The van der Waals surface area contributed by atoms with Crippen LogP contribution < -0.4 is 5.32 Å². The smallest absolute Gasteiger partial charge is 0.371 e. The van der Waals surface area contributed by atoms with E-state index in [0.717, 1.165) is 19.3 Å². The maximum absolute atomic E-state index is 12.3. The van der Waals surface area contributed by atoms with E-state index in [-0.39, 0.29) is 29.3 Å². The van der Waals surface area contributed by atoms with Crippen LogP contribution in [-0.4, -0.2) is 47.4 Å². The molecule has 0 atom stereocenters. The number of amides is 2. The lowest BCUT2D eigenvalue weighted by Crippen LogP contribution is -2.43. The molecule has 132 valence electrons. The molecule has 2 heterocycles. The Hall–Kier alpha value is -2.31. The summed E-state index contributed by atoms with van der Waals surface area (Å²) >= 11 is 0. The van der Waals surface area contributed by atoms with E-state index >= 15 is 0 Å². The zero-order chi connectivity index (χ0) is 17.5. The molecule has 0 radical (unpaired) electrons. The third-order valence-corrected chi connectivity index (χ3v) is 4.26. The zero-order valence-electron chi connectivity index (χ0n) is 13.9. The summed E-state index contributed by atoms with van der Waals surface area (Å²) in [6, 6.07) is 2.64. The van der Waals surface area contributed by atoms with Crippen molar-refractivity contribution in [1.82, 2.24) is 10.2 Å². The molecule has 24 heavy (non-hydrogen) atoms. The van der Waals surface area contributed by atoms with Crippen molar-refractivity contribution in [3.63, 3.8) is 0 Å². The summed E-state index contributed by atoms with van der Waals surface area (Å²) in [6.07, 6.45) is 4.43. The van der Waals surface area contributed by atoms with Gasteiger partial charge in [0, 0.05) is 25.6 Å². The number of likely N-dealkylation sites (tertiary alicyclic amines) is 1. The SMILES string of the molecule is CCCCCNC(=O)C1CCN(C(=O)c2ccc(C(=O)O)o2)CC1. The molecule has 0 aliphatic carbocycles. The maximum Gasteiger partial charge on any atom is 0.371 e. The fourth-order valence-corrected chi connectivity index (χ4v) is 2.80. The van der Waals surface area contributed by atoms with Gasteiger partial charge in [-0.25, -0.2) is 4.79 Å². The van der Waals surface area contributed by atoms with Crippen molar-refractivity contribution in [3.05, 3.63) is 23.7 Å². The van der Waals surface area contributed by atoms with Gasteiger partial charge in [-0.05, 0) is 31.4 Å². The van der Waals surface area contributed by atoms with Crippen LogP contribution >= 0.6 is 0 Å². The minimum Gasteiger partial charge on any atom is -0.475 e. The largest absolute Gasteiger partial charge is 0.475 e. The molecule has 7 heteroatoms. The summed E-state index contributed by atoms with van der Waals surface area (Å²) in [6.45, 7) is 3.76. The van der Waals surface area contributed by atoms with Crippen molar-refractivity contribution in [2.24, 2.45) is 5.92 Å². The fraction of sp³-hybridized carbons (Fsp3) is 0.588. The molecular formula is C17H24N2O5. The van der Waals surface area contributed by atoms with Crippen LogP contribution in [0.15, 0.2) is 16.5 Å². The first-order valence-corrected chi connectivity index (χ1v) is 8.43. The Balaban J connectivity index is 1.80. The van der Waals surface area contributed by atoms with Crippen LogP contribution in [-0.2, 0) is 4.79 Å². The molecule has 2 amide bonds. The van der Waals surface area contributed by atoms with Gasteiger partial charge in [0.05, 0.1) is 0 Å².